The van der Waals surface area contributed by atoms with Crippen molar-refractivity contribution in [1.29, 1.82) is 0 Å². The number of aliphatic hydroxyl groups excluding tert-OH is 2. The van der Waals surface area contributed by atoms with E-state index < -0.39 is 18.1 Å². The van der Waals surface area contributed by atoms with Gasteiger partial charge in [-0.05, 0) is 37.8 Å². The summed E-state index contributed by atoms with van der Waals surface area (Å²) in [6.45, 7) is 0.552. The minimum atomic E-state index is -1.54. The second-order valence-electron chi connectivity index (χ2n) is 6.28. The van der Waals surface area contributed by atoms with Gasteiger partial charge < -0.3 is 20.3 Å². The molecule has 1 fully saturated rings. The topological polar surface area (TPSA) is 91.7 Å². The zero-order chi connectivity index (χ0) is 17.2. The maximum Gasteiger partial charge on any atom is 0.252 e. The van der Waals surface area contributed by atoms with Crippen LogP contribution in [0, 0.1) is 0 Å². The van der Waals surface area contributed by atoms with Crippen LogP contribution in [0.5, 0.6) is 0 Å². The van der Waals surface area contributed by atoms with Crippen molar-refractivity contribution in [3.8, 4) is 0 Å². The summed E-state index contributed by atoms with van der Waals surface area (Å²) in [5.41, 5.74) is 0.432. The lowest BCUT2D eigenvalue weighted by Crippen LogP contribution is -2.57. The maximum atomic E-state index is 12.4. The molecular formula is C17H22N2O4S. The van der Waals surface area contributed by atoms with Gasteiger partial charge in [-0.15, -0.1) is 11.3 Å². The van der Waals surface area contributed by atoms with Gasteiger partial charge in [-0.1, -0.05) is 12.1 Å². The van der Waals surface area contributed by atoms with E-state index in [1.807, 2.05) is 24.3 Å². The summed E-state index contributed by atoms with van der Waals surface area (Å²) >= 11 is 1.28. The van der Waals surface area contributed by atoms with Crippen LogP contribution in [0.4, 0.5) is 0 Å². The number of aliphatic hydroxyl groups is 2. The van der Waals surface area contributed by atoms with Crippen LogP contribution in [-0.4, -0.2) is 46.5 Å². The van der Waals surface area contributed by atoms with Gasteiger partial charge in [-0.25, -0.2) is 4.98 Å². The molecule has 0 radical (unpaired) electrons. The van der Waals surface area contributed by atoms with Crippen molar-refractivity contribution in [2.75, 3.05) is 13.7 Å². The molecule has 1 aliphatic rings. The first-order valence-electron chi connectivity index (χ1n) is 8.07. The predicted octanol–water partition coefficient (Wildman–Crippen LogP) is 1.77. The third-order valence-electron chi connectivity index (χ3n) is 4.61. The number of para-hydroxylation sites is 1. The summed E-state index contributed by atoms with van der Waals surface area (Å²) in [7, 11) is 1.62. The summed E-state index contributed by atoms with van der Waals surface area (Å²) in [5.74, 6) is -0.558. The predicted molar refractivity (Wildman–Crippen MR) is 91.8 cm³/mol. The number of nitrogens with one attached hydrogen (secondary N) is 1. The zero-order valence-corrected chi connectivity index (χ0v) is 14.4. The van der Waals surface area contributed by atoms with E-state index in [1.54, 1.807) is 7.11 Å². The van der Waals surface area contributed by atoms with Gasteiger partial charge in [0, 0.05) is 19.3 Å². The molecule has 7 heteroatoms. The lowest BCUT2D eigenvalue weighted by Gasteiger charge is -2.43. The number of rotatable bonds is 7. The van der Waals surface area contributed by atoms with Gasteiger partial charge >= 0.3 is 0 Å². The Morgan fingerprint density at radius 2 is 2.17 bits per heavy atom. The Morgan fingerprint density at radius 1 is 1.42 bits per heavy atom. The Hall–Kier alpha value is -1.54. The lowest BCUT2D eigenvalue weighted by atomic mass is 9.74. The van der Waals surface area contributed by atoms with Crippen LogP contribution in [-0.2, 0) is 9.53 Å². The van der Waals surface area contributed by atoms with E-state index in [9.17, 15) is 15.0 Å². The average Bonchev–Trinajstić information content (AvgIpc) is 2.99. The van der Waals surface area contributed by atoms with Crippen LogP contribution in [0.2, 0.25) is 0 Å². The van der Waals surface area contributed by atoms with Crippen LogP contribution in [0.1, 0.15) is 36.8 Å². The largest absolute Gasteiger partial charge is 0.385 e. The lowest BCUT2D eigenvalue weighted by molar-refractivity contribution is -0.139. The number of ether oxygens (including phenoxy) is 1. The second-order valence-corrected chi connectivity index (χ2v) is 7.34. The molecule has 2 aromatic rings. The summed E-state index contributed by atoms with van der Waals surface area (Å²) in [6.07, 6.45) is 0.616. The van der Waals surface area contributed by atoms with Crippen molar-refractivity contribution in [1.82, 2.24) is 10.3 Å². The Kier molecular flexibility index (Phi) is 5.15. The number of carbonyl (C=O) groups excluding carboxylic acids is 1. The number of hydrogen-bond acceptors (Lipinski definition) is 6. The van der Waals surface area contributed by atoms with Gasteiger partial charge in [0.2, 0.25) is 0 Å². The minimum absolute atomic E-state index is 0.318. The number of thiazole rings is 1. The van der Waals surface area contributed by atoms with Crippen LogP contribution in [0.25, 0.3) is 10.2 Å². The summed E-state index contributed by atoms with van der Waals surface area (Å²) in [6, 6.07) is 7.47. The zero-order valence-electron chi connectivity index (χ0n) is 13.6. The third kappa shape index (κ3) is 3.44. The number of carbonyl (C=O) groups is 1. The fourth-order valence-corrected chi connectivity index (χ4v) is 3.95. The van der Waals surface area contributed by atoms with Crippen LogP contribution in [0.15, 0.2) is 24.3 Å². The smallest absolute Gasteiger partial charge is 0.252 e. The fraction of sp³-hybridized carbons (Fsp3) is 0.529. The van der Waals surface area contributed by atoms with Crippen LogP contribution in [0.3, 0.4) is 0 Å². The monoisotopic (exact) mass is 350 g/mol. The molecule has 3 N–H and O–H groups in total. The molecule has 1 amide bonds. The standard InChI is InChI=1S/C17H22N2O4S/c1-23-10-9-17(7-4-8-17)19-15(22)13(20)14(21)16-18-11-5-2-3-6-12(11)24-16/h2-3,5-6,13-14,20-21H,4,7-10H2,1H3,(H,19,22)/t13-,14-/m1/s1. The van der Waals surface area contributed by atoms with Crippen molar-refractivity contribution in [3.05, 3.63) is 29.3 Å². The highest BCUT2D eigenvalue weighted by atomic mass is 32.1. The van der Waals surface area contributed by atoms with E-state index in [-0.39, 0.29) is 5.54 Å². The van der Waals surface area contributed by atoms with E-state index in [0.717, 1.165) is 29.5 Å². The Bertz CT molecular complexity index is 680. The van der Waals surface area contributed by atoms with Crippen molar-refractivity contribution in [2.24, 2.45) is 0 Å². The second kappa shape index (κ2) is 7.14. The van der Waals surface area contributed by atoms with Gasteiger partial charge in [0.25, 0.3) is 5.91 Å². The summed E-state index contributed by atoms with van der Waals surface area (Å²) < 4.78 is 6.01. The molecule has 1 aromatic carbocycles. The molecule has 1 heterocycles. The molecule has 1 saturated carbocycles. The fourth-order valence-electron chi connectivity index (χ4n) is 2.97. The first kappa shape index (κ1) is 17.3. The quantitative estimate of drug-likeness (QED) is 0.708. The molecule has 0 spiro atoms. The number of benzene rings is 1. The molecule has 0 bridgehead atoms. The number of aromatic nitrogens is 1. The molecule has 2 atom stereocenters. The maximum absolute atomic E-state index is 12.4. The molecule has 24 heavy (non-hydrogen) atoms. The van der Waals surface area contributed by atoms with Crippen molar-refractivity contribution in [3.63, 3.8) is 0 Å². The van der Waals surface area contributed by atoms with Crippen molar-refractivity contribution in [2.45, 2.75) is 43.4 Å². The molecule has 0 aliphatic heterocycles. The molecule has 1 aliphatic carbocycles. The molecule has 1 aromatic heterocycles. The van der Waals surface area contributed by atoms with Gasteiger partial charge in [-0.3, -0.25) is 4.79 Å². The molecule has 130 valence electrons. The highest BCUT2D eigenvalue weighted by Crippen LogP contribution is 2.35. The van der Waals surface area contributed by atoms with E-state index in [1.165, 1.54) is 11.3 Å². The normalized spacial score (nSPS) is 18.8. The number of methoxy groups -OCH3 is 1. The molecular weight excluding hydrogens is 328 g/mol. The van der Waals surface area contributed by atoms with E-state index in [4.69, 9.17) is 4.74 Å². The molecule has 0 unspecified atom stereocenters. The van der Waals surface area contributed by atoms with Crippen LogP contribution >= 0.6 is 11.3 Å². The van der Waals surface area contributed by atoms with Gasteiger partial charge in [-0.2, -0.15) is 0 Å². The van der Waals surface area contributed by atoms with Gasteiger partial charge in [0.1, 0.15) is 11.1 Å². The van der Waals surface area contributed by atoms with Crippen molar-refractivity contribution < 1.29 is 19.7 Å². The Balaban J connectivity index is 1.68. The molecule has 0 saturated heterocycles. The molecule has 3 rings (SSSR count). The number of fused-ring (bicyclic) bond motifs is 1. The highest BCUT2D eigenvalue weighted by Gasteiger charge is 2.40. The highest BCUT2D eigenvalue weighted by molar-refractivity contribution is 7.18. The van der Waals surface area contributed by atoms with E-state index >= 15 is 0 Å². The first-order chi connectivity index (χ1) is 11.5. The Morgan fingerprint density at radius 3 is 2.79 bits per heavy atom. The minimum Gasteiger partial charge on any atom is -0.385 e. The number of nitrogens with zero attached hydrogens (tertiary/aromatic N) is 1. The third-order valence-corrected chi connectivity index (χ3v) is 5.72. The number of hydrogen-bond donors (Lipinski definition) is 3. The Labute approximate surface area is 144 Å². The van der Waals surface area contributed by atoms with Crippen LogP contribution < -0.4 is 5.32 Å². The van der Waals surface area contributed by atoms with Crippen molar-refractivity contribution >= 4 is 27.5 Å². The average molecular weight is 350 g/mol. The van der Waals surface area contributed by atoms with Gasteiger partial charge in [0.05, 0.1) is 10.2 Å². The number of amides is 1. The summed E-state index contributed by atoms with van der Waals surface area (Å²) in [5, 5.41) is 23.8. The van der Waals surface area contributed by atoms with E-state index in [0.29, 0.717) is 18.0 Å². The molecule has 6 nitrogen and oxygen atoms in total. The first-order valence-corrected chi connectivity index (χ1v) is 8.89. The SMILES string of the molecule is COCCC1(NC(=O)[C@H](O)[C@@H](O)c2nc3ccccc3s2)CCC1. The summed E-state index contributed by atoms with van der Waals surface area (Å²) in [4.78, 5) is 16.7. The van der Waals surface area contributed by atoms with E-state index in [2.05, 4.69) is 10.3 Å². The van der Waals surface area contributed by atoms with Gasteiger partial charge in [0.15, 0.2) is 6.10 Å².